The Bertz CT molecular complexity index is 1480. The molecule has 5 rings (SSSR count). The average Bonchev–Trinajstić information content (AvgIpc) is 3.56. The van der Waals surface area contributed by atoms with E-state index in [1.807, 2.05) is 0 Å². The Morgan fingerprint density at radius 2 is 1.77 bits per heavy atom. The van der Waals surface area contributed by atoms with Gasteiger partial charge in [0.25, 0.3) is 17.7 Å². The molecule has 1 N–H and O–H groups in total. The zero-order valence-electron chi connectivity index (χ0n) is 22.1. The molecule has 3 aromatic carbocycles. The van der Waals surface area contributed by atoms with E-state index >= 15 is 0 Å². The van der Waals surface area contributed by atoms with Crippen LogP contribution in [0.25, 0.3) is 0 Å². The molecule has 0 aliphatic carbocycles. The lowest BCUT2D eigenvalue weighted by molar-refractivity contribution is -0.134. The van der Waals surface area contributed by atoms with Crippen molar-refractivity contribution in [2.45, 2.75) is 32.3 Å². The molecule has 2 heterocycles. The van der Waals surface area contributed by atoms with Gasteiger partial charge in [0, 0.05) is 30.3 Å². The van der Waals surface area contributed by atoms with Gasteiger partial charge in [-0.15, -0.1) is 0 Å². The maximum Gasteiger partial charge on any atom is 0.311 e. The van der Waals surface area contributed by atoms with Crippen molar-refractivity contribution >= 4 is 29.4 Å². The summed E-state index contributed by atoms with van der Waals surface area (Å²) in [6.07, 6.45) is 1.82. The van der Waals surface area contributed by atoms with E-state index in [9.17, 15) is 19.2 Å². The maximum absolute atomic E-state index is 13.0. The standard InChI is InChI=1S/C30H28N2O8/c1-3-27(33)40-25-12-9-18(14-26(25)37-2)28(34)31-19-6-4-7-20(15-19)39-21-10-11-23-24(16-21)30(36)32(29(23)35)17-22-8-5-13-38-22/h4,6-7,9-12,14-16,22H,3,5,8,13,17H2,1-2H3,(H,31,34). The summed E-state index contributed by atoms with van der Waals surface area (Å²) in [6.45, 7) is 2.56. The molecule has 1 atom stereocenters. The summed E-state index contributed by atoms with van der Waals surface area (Å²) in [5.74, 6) is -0.238. The second kappa shape index (κ2) is 11.6. The number of carbonyl (C=O) groups excluding carboxylic acids is 4. The number of nitrogens with one attached hydrogen (secondary N) is 1. The molecule has 40 heavy (non-hydrogen) atoms. The molecule has 1 saturated heterocycles. The molecule has 10 heteroatoms. The van der Waals surface area contributed by atoms with Gasteiger partial charge in [-0.3, -0.25) is 24.1 Å². The van der Waals surface area contributed by atoms with E-state index in [1.54, 1.807) is 49.4 Å². The molecule has 0 spiro atoms. The summed E-state index contributed by atoms with van der Waals surface area (Å²) in [6, 6.07) is 16.0. The zero-order chi connectivity index (χ0) is 28.2. The van der Waals surface area contributed by atoms with Gasteiger partial charge in [0.05, 0.1) is 30.9 Å². The topological polar surface area (TPSA) is 120 Å². The largest absolute Gasteiger partial charge is 0.493 e. The SMILES string of the molecule is CCC(=O)Oc1ccc(C(=O)Nc2cccc(Oc3ccc4c(c3)C(=O)N(CC3CCCO3)C4=O)c2)cc1OC. The number of nitrogens with zero attached hydrogens (tertiary/aromatic N) is 1. The first kappa shape index (κ1) is 26.9. The van der Waals surface area contributed by atoms with Gasteiger partial charge in [0.2, 0.25) is 0 Å². The number of hydrogen-bond acceptors (Lipinski definition) is 8. The molecule has 0 saturated carbocycles. The Kier molecular flexibility index (Phi) is 7.79. The lowest BCUT2D eigenvalue weighted by Crippen LogP contribution is -2.36. The van der Waals surface area contributed by atoms with E-state index in [0.717, 1.165) is 12.8 Å². The predicted molar refractivity (Wildman–Crippen MR) is 144 cm³/mol. The lowest BCUT2D eigenvalue weighted by atomic mass is 10.1. The van der Waals surface area contributed by atoms with Crippen LogP contribution in [0.1, 0.15) is 57.3 Å². The van der Waals surface area contributed by atoms with Gasteiger partial charge in [-0.1, -0.05) is 13.0 Å². The highest BCUT2D eigenvalue weighted by atomic mass is 16.6. The van der Waals surface area contributed by atoms with Gasteiger partial charge in [-0.05, 0) is 61.4 Å². The summed E-state index contributed by atoms with van der Waals surface area (Å²) in [7, 11) is 1.42. The van der Waals surface area contributed by atoms with Crippen LogP contribution in [0.2, 0.25) is 0 Å². The Balaban J connectivity index is 1.27. The monoisotopic (exact) mass is 544 g/mol. The van der Waals surface area contributed by atoms with Gasteiger partial charge in [-0.25, -0.2) is 0 Å². The van der Waals surface area contributed by atoms with E-state index < -0.39 is 11.9 Å². The van der Waals surface area contributed by atoms with Crippen molar-refractivity contribution in [2.24, 2.45) is 0 Å². The van der Waals surface area contributed by atoms with Crippen molar-refractivity contribution in [2.75, 3.05) is 25.6 Å². The number of carbonyl (C=O) groups is 4. The number of fused-ring (bicyclic) bond motifs is 1. The van der Waals surface area contributed by atoms with Crippen molar-refractivity contribution in [3.63, 3.8) is 0 Å². The normalized spacial score (nSPS) is 16.1. The second-order valence-corrected chi connectivity index (χ2v) is 9.34. The third kappa shape index (κ3) is 5.67. The number of ether oxygens (including phenoxy) is 4. The van der Waals surface area contributed by atoms with Crippen LogP contribution in [-0.2, 0) is 9.53 Å². The molecule has 0 radical (unpaired) electrons. The Labute approximate surface area is 230 Å². The number of rotatable bonds is 9. The highest BCUT2D eigenvalue weighted by molar-refractivity contribution is 6.21. The van der Waals surface area contributed by atoms with E-state index in [4.69, 9.17) is 18.9 Å². The van der Waals surface area contributed by atoms with Crippen molar-refractivity contribution < 1.29 is 38.1 Å². The summed E-state index contributed by atoms with van der Waals surface area (Å²) in [4.78, 5) is 51.5. The smallest absolute Gasteiger partial charge is 0.311 e. The van der Waals surface area contributed by atoms with Crippen molar-refractivity contribution in [1.82, 2.24) is 4.90 Å². The van der Waals surface area contributed by atoms with Gasteiger partial charge in [-0.2, -0.15) is 0 Å². The Morgan fingerprint density at radius 1 is 0.975 bits per heavy atom. The molecule has 3 amide bonds. The molecule has 2 aliphatic heterocycles. The highest BCUT2D eigenvalue weighted by Crippen LogP contribution is 2.32. The van der Waals surface area contributed by atoms with Crippen LogP contribution in [0.15, 0.2) is 60.7 Å². The first-order chi connectivity index (χ1) is 19.4. The molecule has 3 aromatic rings. The van der Waals surface area contributed by atoms with Gasteiger partial charge in [0.15, 0.2) is 11.5 Å². The number of imide groups is 1. The molecular weight excluding hydrogens is 516 g/mol. The van der Waals surface area contributed by atoms with Crippen molar-refractivity contribution in [1.29, 1.82) is 0 Å². The fraction of sp³-hybridized carbons (Fsp3) is 0.267. The average molecular weight is 545 g/mol. The minimum atomic E-state index is -0.414. The zero-order valence-corrected chi connectivity index (χ0v) is 22.1. The van der Waals surface area contributed by atoms with E-state index in [1.165, 1.54) is 30.2 Å². The maximum atomic E-state index is 13.0. The van der Waals surface area contributed by atoms with E-state index in [2.05, 4.69) is 5.32 Å². The third-order valence-electron chi connectivity index (χ3n) is 6.62. The summed E-state index contributed by atoms with van der Waals surface area (Å²) in [5, 5.41) is 2.80. The van der Waals surface area contributed by atoms with Crippen LogP contribution >= 0.6 is 0 Å². The first-order valence-corrected chi connectivity index (χ1v) is 13.0. The van der Waals surface area contributed by atoms with Gasteiger partial charge in [0.1, 0.15) is 11.5 Å². The minimum Gasteiger partial charge on any atom is -0.493 e. The minimum absolute atomic E-state index is 0.131. The number of benzene rings is 3. The van der Waals surface area contributed by atoms with Crippen LogP contribution in [0.3, 0.4) is 0 Å². The molecule has 10 nitrogen and oxygen atoms in total. The van der Waals surface area contributed by atoms with Crippen LogP contribution in [0.5, 0.6) is 23.0 Å². The van der Waals surface area contributed by atoms with Gasteiger partial charge >= 0.3 is 5.97 Å². The molecule has 1 unspecified atom stereocenters. The number of amides is 3. The number of esters is 1. The molecule has 0 bridgehead atoms. The third-order valence-corrected chi connectivity index (χ3v) is 6.62. The summed E-state index contributed by atoms with van der Waals surface area (Å²) >= 11 is 0. The Morgan fingerprint density at radius 3 is 2.52 bits per heavy atom. The van der Waals surface area contributed by atoms with Crippen LogP contribution in [0, 0.1) is 0 Å². The molecule has 206 valence electrons. The van der Waals surface area contributed by atoms with Crippen molar-refractivity contribution in [3.8, 4) is 23.0 Å². The molecule has 1 fully saturated rings. The second-order valence-electron chi connectivity index (χ2n) is 9.34. The quantitative estimate of drug-likeness (QED) is 0.231. The molecular formula is C30H28N2O8. The molecule has 0 aromatic heterocycles. The van der Waals surface area contributed by atoms with Crippen LogP contribution < -0.4 is 19.5 Å². The highest BCUT2D eigenvalue weighted by Gasteiger charge is 2.37. The fourth-order valence-corrected chi connectivity index (χ4v) is 4.56. The van der Waals surface area contributed by atoms with E-state index in [-0.39, 0.29) is 47.9 Å². The number of hydrogen-bond donors (Lipinski definition) is 1. The fourth-order valence-electron chi connectivity index (χ4n) is 4.56. The van der Waals surface area contributed by atoms with Crippen LogP contribution in [0.4, 0.5) is 5.69 Å². The summed E-state index contributed by atoms with van der Waals surface area (Å²) in [5.41, 5.74) is 1.39. The first-order valence-electron chi connectivity index (χ1n) is 13.0. The predicted octanol–water partition coefficient (Wildman–Crippen LogP) is 4.83. The van der Waals surface area contributed by atoms with Crippen LogP contribution in [-0.4, -0.2) is 55.0 Å². The number of methoxy groups -OCH3 is 1. The van der Waals surface area contributed by atoms with Crippen molar-refractivity contribution in [3.05, 3.63) is 77.4 Å². The Hall–Kier alpha value is -4.70. The lowest BCUT2D eigenvalue weighted by Gasteiger charge is -2.17. The van der Waals surface area contributed by atoms with Gasteiger partial charge < -0.3 is 24.3 Å². The molecule has 2 aliphatic rings. The van der Waals surface area contributed by atoms with E-state index in [0.29, 0.717) is 34.9 Å². The summed E-state index contributed by atoms with van der Waals surface area (Å²) < 4.78 is 22.0. The number of anilines is 1.